The van der Waals surface area contributed by atoms with Crippen molar-refractivity contribution in [1.29, 1.82) is 0 Å². The summed E-state index contributed by atoms with van der Waals surface area (Å²) >= 11 is 6.05. The number of carbonyl (C=O) groups is 3. The molecule has 2 aromatic carbocycles. The second-order valence-electron chi connectivity index (χ2n) is 9.36. The Bertz CT molecular complexity index is 1430. The summed E-state index contributed by atoms with van der Waals surface area (Å²) in [5, 5.41) is 3.05. The summed E-state index contributed by atoms with van der Waals surface area (Å²) < 4.78 is 39.9. The number of ketones is 1. The molecule has 1 aliphatic heterocycles. The number of hydrogen-bond donors (Lipinski definition) is 1. The number of aromatic nitrogens is 2. The summed E-state index contributed by atoms with van der Waals surface area (Å²) in [6, 6.07) is 9.35. The number of hydrogen-bond acceptors (Lipinski definition) is 4. The van der Waals surface area contributed by atoms with Crippen molar-refractivity contribution in [3.63, 3.8) is 0 Å². The molecule has 1 aromatic heterocycles. The molecule has 0 atom stereocenters. The largest absolute Gasteiger partial charge is 0.416 e. The first kappa shape index (κ1) is 30.6. The van der Waals surface area contributed by atoms with Gasteiger partial charge in [0.2, 0.25) is 5.91 Å². The highest BCUT2D eigenvalue weighted by Crippen LogP contribution is 2.31. The van der Waals surface area contributed by atoms with Crippen molar-refractivity contribution in [2.45, 2.75) is 52.9 Å². The van der Waals surface area contributed by atoms with E-state index < -0.39 is 17.6 Å². The second-order valence-corrected chi connectivity index (χ2v) is 9.77. The van der Waals surface area contributed by atoms with Gasteiger partial charge >= 0.3 is 6.18 Å². The number of fused-ring (bicyclic) bond motifs is 1. The van der Waals surface area contributed by atoms with Gasteiger partial charge in [0.05, 0.1) is 18.3 Å². The van der Waals surface area contributed by atoms with Gasteiger partial charge in [0.25, 0.3) is 5.91 Å². The van der Waals surface area contributed by atoms with Crippen molar-refractivity contribution in [1.82, 2.24) is 14.5 Å². The molecule has 4 rings (SSSR count). The molecule has 0 saturated carbocycles. The van der Waals surface area contributed by atoms with E-state index in [-0.39, 0.29) is 17.4 Å². The van der Waals surface area contributed by atoms with Crippen LogP contribution in [-0.4, -0.2) is 38.6 Å². The molecule has 0 spiro atoms. The lowest BCUT2D eigenvalue weighted by atomic mass is 10.1. The number of anilines is 1. The quantitative estimate of drug-likeness (QED) is 0.267. The average Bonchev–Trinajstić information content (AvgIpc) is 3.33. The zero-order chi connectivity index (χ0) is 29.6. The van der Waals surface area contributed by atoms with Gasteiger partial charge in [0, 0.05) is 41.9 Å². The van der Waals surface area contributed by atoms with Crippen LogP contribution in [0.15, 0.2) is 60.8 Å². The van der Waals surface area contributed by atoms with E-state index in [2.05, 4.69) is 16.9 Å². The smallest absolute Gasteiger partial charge is 0.330 e. The molecule has 212 valence electrons. The van der Waals surface area contributed by atoms with Crippen LogP contribution in [0.25, 0.3) is 0 Å². The van der Waals surface area contributed by atoms with Gasteiger partial charge in [0.15, 0.2) is 5.78 Å². The fraction of sp³-hybridized carbons (Fsp3) is 0.310. The highest BCUT2D eigenvalue weighted by atomic mass is 35.5. The third-order valence-electron chi connectivity index (χ3n) is 6.15. The number of alkyl halides is 3. The van der Waals surface area contributed by atoms with Crippen LogP contribution in [0.3, 0.4) is 0 Å². The molecule has 40 heavy (non-hydrogen) atoms. The maximum absolute atomic E-state index is 12.7. The number of amides is 2. The second kappa shape index (κ2) is 13.0. The molecule has 7 nitrogen and oxygen atoms in total. The molecule has 0 aliphatic carbocycles. The molecule has 2 amide bonds. The number of nitrogens with zero attached hydrogens (tertiary/aromatic N) is 3. The number of rotatable bonds is 6. The fourth-order valence-electron chi connectivity index (χ4n) is 4.14. The van der Waals surface area contributed by atoms with Crippen molar-refractivity contribution in [2.75, 3.05) is 11.9 Å². The molecular weight excluding hydrogens is 545 g/mol. The van der Waals surface area contributed by atoms with Gasteiger partial charge in [-0.2, -0.15) is 13.2 Å². The van der Waals surface area contributed by atoms with Gasteiger partial charge in [-0.25, -0.2) is 4.98 Å². The molecule has 11 heteroatoms. The Morgan fingerprint density at radius 3 is 2.45 bits per heavy atom. The zero-order valence-electron chi connectivity index (χ0n) is 22.4. The first-order chi connectivity index (χ1) is 18.8. The average molecular weight is 575 g/mol. The summed E-state index contributed by atoms with van der Waals surface area (Å²) in [4.78, 5) is 41.2. The number of imidazole rings is 1. The van der Waals surface area contributed by atoms with Crippen LogP contribution < -0.4 is 5.32 Å². The number of aryl methyl sites for hydroxylation is 1. The van der Waals surface area contributed by atoms with E-state index in [4.69, 9.17) is 11.6 Å². The minimum absolute atomic E-state index is 0.00317. The highest BCUT2D eigenvalue weighted by Gasteiger charge is 2.30. The van der Waals surface area contributed by atoms with Gasteiger partial charge in [0.1, 0.15) is 11.5 Å². The van der Waals surface area contributed by atoms with Gasteiger partial charge < -0.3 is 14.8 Å². The summed E-state index contributed by atoms with van der Waals surface area (Å²) in [5.41, 5.74) is 1.62. The lowest BCUT2D eigenvalue weighted by Crippen LogP contribution is -2.39. The number of benzene rings is 2. The Morgan fingerprint density at radius 2 is 1.82 bits per heavy atom. The van der Waals surface area contributed by atoms with Gasteiger partial charge in [-0.1, -0.05) is 37.6 Å². The van der Waals surface area contributed by atoms with Crippen molar-refractivity contribution >= 4 is 34.9 Å². The number of Topliss-reactive ketones (excluding diaryl/α,β-unsaturated/α-hetero) is 1. The summed E-state index contributed by atoms with van der Waals surface area (Å²) in [7, 11) is 0. The van der Waals surface area contributed by atoms with E-state index in [1.54, 1.807) is 36.2 Å². The maximum Gasteiger partial charge on any atom is 0.416 e. The van der Waals surface area contributed by atoms with Crippen LogP contribution in [-0.2, 0) is 30.5 Å². The van der Waals surface area contributed by atoms with Crippen molar-refractivity contribution < 1.29 is 27.6 Å². The summed E-state index contributed by atoms with van der Waals surface area (Å²) in [6.45, 7) is 10.5. The predicted molar refractivity (Wildman–Crippen MR) is 147 cm³/mol. The van der Waals surface area contributed by atoms with Crippen LogP contribution in [0.1, 0.15) is 65.0 Å². The van der Waals surface area contributed by atoms with Crippen molar-refractivity contribution in [2.24, 2.45) is 0 Å². The van der Waals surface area contributed by atoms with Crippen LogP contribution >= 0.6 is 11.6 Å². The van der Waals surface area contributed by atoms with Gasteiger partial charge in [-0.05, 0) is 55.3 Å². The number of carbonyl (C=O) groups excluding carboxylic acids is 3. The number of halogens is 4. The van der Waals surface area contributed by atoms with Crippen LogP contribution in [0, 0.1) is 0 Å². The summed E-state index contributed by atoms with van der Waals surface area (Å²) in [6.07, 6.45) is -1.27. The predicted octanol–water partition coefficient (Wildman–Crippen LogP) is 6.57. The molecule has 0 bridgehead atoms. The van der Waals surface area contributed by atoms with Crippen LogP contribution in [0.4, 0.5) is 18.9 Å². The van der Waals surface area contributed by atoms with E-state index in [0.717, 1.165) is 36.4 Å². The normalized spacial score (nSPS) is 12.6. The molecule has 1 aliphatic rings. The van der Waals surface area contributed by atoms with Crippen molar-refractivity contribution in [3.05, 3.63) is 94.0 Å². The van der Waals surface area contributed by atoms with E-state index in [9.17, 15) is 27.6 Å². The Hall–Kier alpha value is -3.92. The zero-order valence-corrected chi connectivity index (χ0v) is 23.2. The SMILES string of the molecule is C=C(C)C(=O)N1CCn2c(C(C)=O)cnc2C1.CCCc1cc(C(=O)Nc2cccc(C(F)(F)F)c2)ccc1Cl. The van der Waals surface area contributed by atoms with E-state index >= 15 is 0 Å². The molecule has 0 saturated heterocycles. The lowest BCUT2D eigenvalue weighted by molar-refractivity contribution is -0.137. The molecule has 0 unspecified atom stereocenters. The summed E-state index contributed by atoms with van der Waals surface area (Å²) in [5.74, 6) is 0.237. The Labute approximate surface area is 235 Å². The molecule has 0 radical (unpaired) electrons. The first-order valence-corrected chi connectivity index (χ1v) is 13.0. The molecule has 0 fully saturated rings. The molecule has 2 heterocycles. The molecule has 1 N–H and O–H groups in total. The Kier molecular flexibility index (Phi) is 9.92. The fourth-order valence-corrected chi connectivity index (χ4v) is 4.35. The van der Waals surface area contributed by atoms with Gasteiger partial charge in [-0.15, -0.1) is 0 Å². The lowest BCUT2D eigenvalue weighted by Gasteiger charge is -2.28. The van der Waals surface area contributed by atoms with E-state index in [1.165, 1.54) is 19.1 Å². The molecule has 3 aromatic rings. The first-order valence-electron chi connectivity index (χ1n) is 12.6. The standard InChI is InChI=1S/C17H15ClF3NO.C12H15N3O2/c1-2-4-11-9-12(7-8-15(11)18)16(23)22-14-6-3-5-13(10-14)17(19,20)21;1-8(2)12(17)14-4-5-15-10(9(3)16)6-13-11(15)7-14/h3,5-10H,2,4H2,1H3,(H,22,23);6H,1,4-5,7H2,2-3H3. The topological polar surface area (TPSA) is 84.3 Å². The van der Waals surface area contributed by atoms with E-state index in [0.29, 0.717) is 41.5 Å². The third-order valence-corrected chi connectivity index (χ3v) is 6.52. The Balaban J connectivity index is 0.000000230. The minimum atomic E-state index is -4.45. The maximum atomic E-state index is 12.7. The third kappa shape index (κ3) is 7.59. The number of nitrogens with one attached hydrogen (secondary N) is 1. The van der Waals surface area contributed by atoms with Crippen LogP contribution in [0.5, 0.6) is 0 Å². The van der Waals surface area contributed by atoms with Gasteiger partial charge in [-0.3, -0.25) is 14.4 Å². The highest BCUT2D eigenvalue weighted by molar-refractivity contribution is 6.31. The molecular formula is C29H30ClF3N4O3. The van der Waals surface area contributed by atoms with Crippen molar-refractivity contribution in [3.8, 4) is 0 Å². The van der Waals surface area contributed by atoms with Crippen LogP contribution in [0.2, 0.25) is 5.02 Å². The Morgan fingerprint density at radius 1 is 1.10 bits per heavy atom. The monoisotopic (exact) mass is 574 g/mol. The van der Waals surface area contributed by atoms with E-state index in [1.807, 2.05) is 11.5 Å². The minimum Gasteiger partial charge on any atom is -0.330 e.